The maximum absolute atomic E-state index is 12.5. The summed E-state index contributed by atoms with van der Waals surface area (Å²) in [6, 6.07) is 9.61. The molecule has 2 amide bonds. The molecule has 2 unspecified atom stereocenters. The Balaban J connectivity index is 1.74. The molecular formula is C17H18N2O3. The minimum Gasteiger partial charge on any atom is -0.467 e. The van der Waals surface area contributed by atoms with Crippen LogP contribution in [0.4, 0.5) is 4.79 Å². The molecule has 0 aliphatic carbocycles. The van der Waals surface area contributed by atoms with Gasteiger partial charge in [-0.05, 0) is 31.5 Å². The number of rotatable bonds is 2. The minimum absolute atomic E-state index is 0.00555. The van der Waals surface area contributed by atoms with Gasteiger partial charge in [-0.15, -0.1) is 0 Å². The van der Waals surface area contributed by atoms with Crippen molar-refractivity contribution >= 4 is 6.03 Å². The van der Waals surface area contributed by atoms with Crippen LogP contribution < -0.4 is 10.1 Å². The number of hydrogen-bond donors (Lipinski definition) is 1. The lowest BCUT2D eigenvalue weighted by Gasteiger charge is -2.50. The molecule has 0 spiro atoms. The van der Waals surface area contributed by atoms with Gasteiger partial charge in [-0.2, -0.15) is 0 Å². The van der Waals surface area contributed by atoms with Crippen LogP contribution in [-0.2, 0) is 6.54 Å². The molecule has 1 aromatic heterocycles. The second-order valence-corrected chi connectivity index (χ2v) is 6.14. The van der Waals surface area contributed by atoms with E-state index in [4.69, 9.17) is 9.15 Å². The van der Waals surface area contributed by atoms with E-state index in [0.29, 0.717) is 6.54 Å². The summed E-state index contributed by atoms with van der Waals surface area (Å²) < 4.78 is 11.7. The van der Waals surface area contributed by atoms with Crippen molar-refractivity contribution in [3.8, 4) is 5.75 Å². The number of carbonyl (C=O) groups excluding carboxylic acids is 1. The van der Waals surface area contributed by atoms with E-state index in [0.717, 1.165) is 29.1 Å². The van der Waals surface area contributed by atoms with Gasteiger partial charge in [0.1, 0.15) is 11.5 Å². The Kier molecular flexibility index (Phi) is 2.73. The Morgan fingerprint density at radius 2 is 2.23 bits per heavy atom. The quantitative estimate of drug-likeness (QED) is 0.925. The molecule has 1 N–H and O–H groups in total. The standard InChI is InChI=1S/C17H18N2O3/c1-11-5-3-7-13-14-9-17(2,22-15(11)13)19(16(20)18-14)10-12-6-4-8-21-12/h3-8,14H,9-10H2,1-2H3,(H,18,20). The van der Waals surface area contributed by atoms with Crippen LogP contribution in [0.2, 0.25) is 0 Å². The number of nitrogens with zero attached hydrogens (tertiary/aromatic N) is 1. The van der Waals surface area contributed by atoms with Crippen LogP contribution in [0, 0.1) is 6.92 Å². The number of ether oxygens (including phenoxy) is 1. The number of amides is 2. The predicted molar refractivity (Wildman–Crippen MR) is 80.4 cm³/mol. The summed E-state index contributed by atoms with van der Waals surface area (Å²) in [7, 11) is 0. The van der Waals surface area contributed by atoms with Crippen molar-refractivity contribution in [2.45, 2.75) is 38.6 Å². The zero-order valence-corrected chi connectivity index (χ0v) is 12.6. The molecule has 2 atom stereocenters. The molecule has 4 rings (SSSR count). The molecule has 114 valence electrons. The first-order valence-electron chi connectivity index (χ1n) is 7.46. The molecule has 2 bridgehead atoms. The van der Waals surface area contributed by atoms with E-state index in [2.05, 4.69) is 5.32 Å². The maximum atomic E-state index is 12.5. The van der Waals surface area contributed by atoms with E-state index in [1.54, 1.807) is 11.2 Å². The lowest BCUT2D eigenvalue weighted by molar-refractivity contribution is -0.0903. The monoisotopic (exact) mass is 298 g/mol. The van der Waals surface area contributed by atoms with E-state index >= 15 is 0 Å². The molecule has 0 radical (unpaired) electrons. The summed E-state index contributed by atoms with van der Waals surface area (Å²) in [5.74, 6) is 1.62. The average molecular weight is 298 g/mol. The summed E-state index contributed by atoms with van der Waals surface area (Å²) in [6.07, 6.45) is 2.33. The second kappa shape index (κ2) is 4.53. The molecule has 1 fully saturated rings. The Labute approximate surface area is 128 Å². The number of para-hydroxylation sites is 1. The van der Waals surface area contributed by atoms with Gasteiger partial charge in [-0.3, -0.25) is 4.90 Å². The Hall–Kier alpha value is -2.43. The highest BCUT2D eigenvalue weighted by atomic mass is 16.5. The number of nitrogens with one attached hydrogen (secondary N) is 1. The molecule has 22 heavy (non-hydrogen) atoms. The summed E-state index contributed by atoms with van der Waals surface area (Å²) in [4.78, 5) is 14.2. The van der Waals surface area contributed by atoms with Gasteiger partial charge in [-0.1, -0.05) is 18.2 Å². The van der Waals surface area contributed by atoms with Crippen molar-refractivity contribution < 1.29 is 13.9 Å². The summed E-state index contributed by atoms with van der Waals surface area (Å²) in [5.41, 5.74) is 1.48. The number of hydrogen-bond acceptors (Lipinski definition) is 3. The van der Waals surface area contributed by atoms with Crippen LogP contribution in [0.5, 0.6) is 5.75 Å². The zero-order valence-electron chi connectivity index (χ0n) is 12.6. The van der Waals surface area contributed by atoms with Crippen molar-refractivity contribution in [2.75, 3.05) is 0 Å². The SMILES string of the molecule is Cc1cccc2c1OC1(C)CC2NC(=O)N1Cc1ccco1. The maximum Gasteiger partial charge on any atom is 0.321 e. The van der Waals surface area contributed by atoms with Crippen molar-refractivity contribution in [2.24, 2.45) is 0 Å². The summed E-state index contributed by atoms with van der Waals surface area (Å²) >= 11 is 0. The van der Waals surface area contributed by atoms with Crippen molar-refractivity contribution in [3.05, 3.63) is 53.5 Å². The molecule has 5 nitrogen and oxygen atoms in total. The summed E-state index contributed by atoms with van der Waals surface area (Å²) in [6.45, 7) is 4.39. The molecule has 2 aliphatic heterocycles. The van der Waals surface area contributed by atoms with Crippen LogP contribution >= 0.6 is 0 Å². The smallest absolute Gasteiger partial charge is 0.321 e. The molecular weight excluding hydrogens is 280 g/mol. The molecule has 1 aromatic carbocycles. The van der Waals surface area contributed by atoms with Gasteiger partial charge in [0, 0.05) is 12.0 Å². The van der Waals surface area contributed by atoms with Crippen molar-refractivity contribution in [1.82, 2.24) is 10.2 Å². The largest absolute Gasteiger partial charge is 0.467 e. The van der Waals surface area contributed by atoms with Crippen molar-refractivity contribution in [1.29, 1.82) is 0 Å². The van der Waals surface area contributed by atoms with E-state index in [-0.39, 0.29) is 12.1 Å². The third kappa shape index (κ3) is 1.89. The van der Waals surface area contributed by atoms with E-state index < -0.39 is 5.72 Å². The third-order valence-corrected chi connectivity index (χ3v) is 4.53. The Morgan fingerprint density at radius 3 is 3.00 bits per heavy atom. The van der Waals surface area contributed by atoms with E-state index in [1.807, 2.05) is 44.2 Å². The van der Waals surface area contributed by atoms with Gasteiger partial charge in [0.2, 0.25) is 0 Å². The fourth-order valence-electron chi connectivity index (χ4n) is 3.37. The van der Waals surface area contributed by atoms with E-state index in [9.17, 15) is 4.79 Å². The number of benzene rings is 1. The lowest BCUT2D eigenvalue weighted by Crippen LogP contribution is -2.64. The van der Waals surface area contributed by atoms with Gasteiger partial charge >= 0.3 is 6.03 Å². The highest BCUT2D eigenvalue weighted by Gasteiger charge is 2.49. The van der Waals surface area contributed by atoms with Gasteiger partial charge in [0.25, 0.3) is 0 Å². The molecule has 5 heteroatoms. The first-order valence-corrected chi connectivity index (χ1v) is 7.46. The molecule has 2 aromatic rings. The normalized spacial score (nSPS) is 26.2. The van der Waals surface area contributed by atoms with Crippen LogP contribution in [0.1, 0.15) is 36.3 Å². The van der Waals surface area contributed by atoms with Crippen molar-refractivity contribution in [3.63, 3.8) is 0 Å². The number of urea groups is 1. The Morgan fingerprint density at radius 1 is 1.36 bits per heavy atom. The van der Waals surface area contributed by atoms with Gasteiger partial charge in [-0.25, -0.2) is 4.79 Å². The molecule has 2 aliphatic rings. The van der Waals surface area contributed by atoms with Crippen LogP contribution in [0.25, 0.3) is 0 Å². The third-order valence-electron chi connectivity index (χ3n) is 4.53. The first kappa shape index (κ1) is 13.2. The van der Waals surface area contributed by atoms with Crippen LogP contribution in [0.3, 0.4) is 0 Å². The minimum atomic E-state index is -0.668. The Bertz CT molecular complexity index is 726. The van der Waals surface area contributed by atoms with E-state index in [1.165, 1.54) is 0 Å². The summed E-state index contributed by atoms with van der Waals surface area (Å²) in [5, 5.41) is 3.08. The highest BCUT2D eigenvalue weighted by Crippen LogP contribution is 2.45. The number of furan rings is 1. The zero-order chi connectivity index (χ0) is 15.3. The first-order chi connectivity index (χ1) is 10.6. The van der Waals surface area contributed by atoms with Crippen LogP contribution in [0.15, 0.2) is 41.0 Å². The second-order valence-electron chi connectivity index (χ2n) is 6.14. The lowest BCUT2D eigenvalue weighted by atomic mass is 9.89. The highest BCUT2D eigenvalue weighted by molar-refractivity contribution is 5.77. The average Bonchev–Trinajstić information content (AvgIpc) is 2.98. The fourth-order valence-corrected chi connectivity index (χ4v) is 3.37. The van der Waals surface area contributed by atoms with Crippen LogP contribution in [-0.4, -0.2) is 16.7 Å². The van der Waals surface area contributed by atoms with Gasteiger partial charge < -0.3 is 14.5 Å². The number of aryl methyl sites for hydroxylation is 1. The molecule has 0 saturated carbocycles. The predicted octanol–water partition coefficient (Wildman–Crippen LogP) is 3.35. The topological polar surface area (TPSA) is 54.7 Å². The molecule has 3 heterocycles. The fraction of sp³-hybridized carbons (Fsp3) is 0.353. The number of fused-ring (bicyclic) bond motifs is 4. The number of carbonyl (C=O) groups is 1. The molecule has 1 saturated heterocycles. The van der Waals surface area contributed by atoms with Gasteiger partial charge in [0.15, 0.2) is 5.72 Å². The van der Waals surface area contributed by atoms with Gasteiger partial charge in [0.05, 0.1) is 18.8 Å².